The molecule has 0 unspecified atom stereocenters. The lowest BCUT2D eigenvalue weighted by atomic mass is 9.96. The van der Waals surface area contributed by atoms with Gasteiger partial charge in [0.05, 0.1) is 23.8 Å². The van der Waals surface area contributed by atoms with Crippen molar-refractivity contribution in [3.8, 4) is 0 Å². The van der Waals surface area contributed by atoms with E-state index in [2.05, 4.69) is 16.5 Å². The summed E-state index contributed by atoms with van der Waals surface area (Å²) in [5.74, 6) is 0.567. The van der Waals surface area contributed by atoms with Crippen LogP contribution >= 0.6 is 0 Å². The van der Waals surface area contributed by atoms with Gasteiger partial charge in [0.2, 0.25) is 0 Å². The van der Waals surface area contributed by atoms with Crippen LogP contribution in [0.4, 0.5) is 0 Å². The molecule has 0 bridgehead atoms. The zero-order valence-electron chi connectivity index (χ0n) is 9.53. The van der Waals surface area contributed by atoms with Crippen LogP contribution in [0.5, 0.6) is 0 Å². The molecule has 0 aliphatic carbocycles. The van der Waals surface area contributed by atoms with Gasteiger partial charge in [-0.2, -0.15) is 0 Å². The topological polar surface area (TPSA) is 35.0 Å². The van der Waals surface area contributed by atoms with Crippen molar-refractivity contribution in [2.24, 2.45) is 0 Å². The molecule has 16 heavy (non-hydrogen) atoms. The van der Waals surface area contributed by atoms with Gasteiger partial charge in [0, 0.05) is 0 Å². The zero-order valence-corrected chi connectivity index (χ0v) is 9.53. The van der Waals surface area contributed by atoms with Gasteiger partial charge in [-0.1, -0.05) is 18.1 Å². The summed E-state index contributed by atoms with van der Waals surface area (Å²) < 4.78 is 5.30. The average Bonchev–Trinajstić information content (AvgIpc) is 2.28. The van der Waals surface area contributed by atoms with Crippen LogP contribution in [0.1, 0.15) is 12.6 Å². The van der Waals surface area contributed by atoms with Crippen molar-refractivity contribution in [2.75, 3.05) is 6.61 Å². The van der Waals surface area contributed by atoms with Crippen LogP contribution in [0.2, 0.25) is 0 Å². The second-order valence-electron chi connectivity index (χ2n) is 3.60. The lowest BCUT2D eigenvalue weighted by molar-refractivity contribution is 0.298. The standard InChI is InChI=1S/C12H13BN2O/c1-3-16-8(2)12-7-14-11-6-9(13)4-5-10(11)15-12/h4-7H,2-3,13H2,1H3. The molecule has 0 saturated heterocycles. The Labute approximate surface area is 95.6 Å². The normalized spacial score (nSPS) is 10.3. The Morgan fingerprint density at radius 1 is 1.44 bits per heavy atom. The minimum Gasteiger partial charge on any atom is -0.492 e. The maximum atomic E-state index is 5.30. The van der Waals surface area contributed by atoms with Crippen molar-refractivity contribution >= 4 is 30.1 Å². The highest BCUT2D eigenvalue weighted by atomic mass is 16.5. The molecule has 0 N–H and O–H groups in total. The third kappa shape index (κ3) is 2.05. The Morgan fingerprint density at radius 2 is 2.25 bits per heavy atom. The van der Waals surface area contributed by atoms with E-state index >= 15 is 0 Å². The molecule has 0 fully saturated rings. The number of hydrogen-bond donors (Lipinski definition) is 0. The summed E-state index contributed by atoms with van der Waals surface area (Å²) >= 11 is 0. The summed E-state index contributed by atoms with van der Waals surface area (Å²) in [7, 11) is 2.04. The Bertz CT molecular complexity index is 540. The van der Waals surface area contributed by atoms with Gasteiger partial charge in [-0.05, 0) is 19.1 Å². The van der Waals surface area contributed by atoms with E-state index in [1.807, 2.05) is 33.0 Å². The quantitative estimate of drug-likeness (QED) is 0.559. The highest BCUT2D eigenvalue weighted by Gasteiger charge is 2.03. The second kappa shape index (κ2) is 4.35. The summed E-state index contributed by atoms with van der Waals surface area (Å²) in [6.45, 7) is 6.32. The van der Waals surface area contributed by atoms with E-state index in [1.165, 1.54) is 5.46 Å². The van der Waals surface area contributed by atoms with Gasteiger partial charge in [0.1, 0.15) is 19.3 Å². The second-order valence-corrected chi connectivity index (χ2v) is 3.60. The van der Waals surface area contributed by atoms with Gasteiger partial charge in [-0.15, -0.1) is 0 Å². The minimum absolute atomic E-state index is 0.567. The van der Waals surface area contributed by atoms with Gasteiger partial charge in [0.25, 0.3) is 0 Å². The third-order valence-electron chi connectivity index (χ3n) is 2.30. The van der Waals surface area contributed by atoms with Crippen LogP contribution < -0.4 is 5.46 Å². The third-order valence-corrected chi connectivity index (χ3v) is 2.30. The van der Waals surface area contributed by atoms with Crippen molar-refractivity contribution in [3.05, 3.63) is 36.7 Å². The van der Waals surface area contributed by atoms with E-state index in [4.69, 9.17) is 4.74 Å². The van der Waals surface area contributed by atoms with Crippen molar-refractivity contribution in [1.29, 1.82) is 0 Å². The first kappa shape index (κ1) is 10.7. The van der Waals surface area contributed by atoms with E-state index in [0.29, 0.717) is 18.1 Å². The monoisotopic (exact) mass is 212 g/mol. The molecule has 0 spiro atoms. The van der Waals surface area contributed by atoms with Crippen LogP contribution in [-0.2, 0) is 4.74 Å². The fourth-order valence-corrected chi connectivity index (χ4v) is 1.50. The predicted octanol–water partition coefficient (Wildman–Crippen LogP) is 0.895. The summed E-state index contributed by atoms with van der Waals surface area (Å²) in [5.41, 5.74) is 3.63. The number of fused-ring (bicyclic) bond motifs is 1. The Hall–Kier alpha value is -1.84. The van der Waals surface area contributed by atoms with Crippen molar-refractivity contribution in [1.82, 2.24) is 9.97 Å². The van der Waals surface area contributed by atoms with E-state index in [1.54, 1.807) is 6.20 Å². The first-order chi connectivity index (χ1) is 7.70. The molecular weight excluding hydrogens is 199 g/mol. The van der Waals surface area contributed by atoms with Gasteiger partial charge >= 0.3 is 0 Å². The SMILES string of the molecule is Bc1ccc2nc(C(=C)OCC)cnc2c1. The number of nitrogens with zero attached hydrogens (tertiary/aromatic N) is 2. The molecule has 1 aromatic heterocycles. The average molecular weight is 212 g/mol. The Balaban J connectivity index is 2.44. The molecule has 0 amide bonds. The van der Waals surface area contributed by atoms with Gasteiger partial charge < -0.3 is 4.74 Å². The molecule has 4 heteroatoms. The van der Waals surface area contributed by atoms with Crippen molar-refractivity contribution in [3.63, 3.8) is 0 Å². The Morgan fingerprint density at radius 3 is 3.00 bits per heavy atom. The van der Waals surface area contributed by atoms with Crippen LogP contribution in [0, 0.1) is 0 Å². The lowest BCUT2D eigenvalue weighted by Gasteiger charge is -2.06. The maximum absolute atomic E-state index is 5.30. The smallest absolute Gasteiger partial charge is 0.139 e. The molecular formula is C12H13BN2O. The van der Waals surface area contributed by atoms with E-state index in [9.17, 15) is 0 Å². The number of hydrogen-bond acceptors (Lipinski definition) is 3. The molecule has 0 saturated carbocycles. The van der Waals surface area contributed by atoms with E-state index in [0.717, 1.165) is 11.0 Å². The van der Waals surface area contributed by atoms with Crippen LogP contribution in [0.25, 0.3) is 16.8 Å². The molecule has 0 atom stereocenters. The van der Waals surface area contributed by atoms with Crippen LogP contribution in [0.3, 0.4) is 0 Å². The minimum atomic E-state index is 0.567. The molecule has 2 aromatic rings. The highest BCUT2D eigenvalue weighted by molar-refractivity contribution is 6.33. The van der Waals surface area contributed by atoms with Gasteiger partial charge in [-0.25, -0.2) is 4.98 Å². The van der Waals surface area contributed by atoms with E-state index in [-0.39, 0.29) is 0 Å². The number of benzene rings is 1. The van der Waals surface area contributed by atoms with Crippen LogP contribution in [-0.4, -0.2) is 24.4 Å². The largest absolute Gasteiger partial charge is 0.492 e. The summed E-state index contributed by atoms with van der Waals surface area (Å²) in [6.07, 6.45) is 1.69. The highest BCUT2D eigenvalue weighted by Crippen LogP contribution is 2.13. The fourth-order valence-electron chi connectivity index (χ4n) is 1.50. The van der Waals surface area contributed by atoms with E-state index < -0.39 is 0 Å². The van der Waals surface area contributed by atoms with Crippen molar-refractivity contribution < 1.29 is 4.74 Å². The molecule has 0 aliphatic rings. The summed E-state index contributed by atoms with van der Waals surface area (Å²) in [5, 5.41) is 0. The fraction of sp³-hybridized carbons (Fsp3) is 0.167. The maximum Gasteiger partial charge on any atom is 0.139 e. The molecule has 3 nitrogen and oxygen atoms in total. The van der Waals surface area contributed by atoms with Gasteiger partial charge in [-0.3, -0.25) is 4.98 Å². The molecule has 0 radical (unpaired) electrons. The van der Waals surface area contributed by atoms with Crippen LogP contribution in [0.15, 0.2) is 31.0 Å². The predicted molar refractivity (Wildman–Crippen MR) is 68.4 cm³/mol. The number of rotatable bonds is 3. The lowest BCUT2D eigenvalue weighted by Crippen LogP contribution is -2.02. The summed E-state index contributed by atoms with van der Waals surface area (Å²) in [4.78, 5) is 8.79. The molecule has 1 heterocycles. The first-order valence-corrected chi connectivity index (χ1v) is 5.26. The van der Waals surface area contributed by atoms with Crippen molar-refractivity contribution in [2.45, 2.75) is 6.92 Å². The zero-order chi connectivity index (χ0) is 11.5. The first-order valence-electron chi connectivity index (χ1n) is 5.26. The summed E-state index contributed by atoms with van der Waals surface area (Å²) in [6, 6.07) is 5.99. The molecule has 1 aromatic carbocycles. The number of ether oxygens (including phenoxy) is 1. The molecule has 0 aliphatic heterocycles. The number of aromatic nitrogens is 2. The molecule has 2 rings (SSSR count). The Kier molecular flexibility index (Phi) is 2.90. The molecule has 80 valence electrons. The van der Waals surface area contributed by atoms with Gasteiger partial charge in [0.15, 0.2) is 0 Å².